The summed E-state index contributed by atoms with van der Waals surface area (Å²) in [7, 11) is 1.72. The van der Waals surface area contributed by atoms with E-state index in [1.165, 1.54) is 25.9 Å². The lowest BCUT2D eigenvalue weighted by Gasteiger charge is -2.13. The molecule has 1 unspecified atom stereocenters. The molecule has 0 spiro atoms. The molecule has 0 bridgehead atoms. The van der Waals surface area contributed by atoms with Gasteiger partial charge in [0.1, 0.15) is 17.7 Å². The molecule has 1 atom stereocenters. The number of thioether (sulfide) groups is 1. The third kappa shape index (κ3) is 6.90. The van der Waals surface area contributed by atoms with Crippen LogP contribution in [0, 0.1) is 10.1 Å². The molecule has 1 fully saturated rings. The normalized spacial score (nSPS) is 16.7. The van der Waals surface area contributed by atoms with E-state index in [0.29, 0.717) is 0 Å². The number of hydrogen-bond donors (Lipinski definition) is 2. The summed E-state index contributed by atoms with van der Waals surface area (Å²) < 4.78 is 5.86. The Morgan fingerprint density at radius 2 is 2.13 bits per heavy atom. The van der Waals surface area contributed by atoms with Crippen molar-refractivity contribution >= 4 is 11.8 Å². The van der Waals surface area contributed by atoms with Crippen LogP contribution in [0.4, 0.5) is 0 Å². The predicted molar refractivity (Wildman–Crippen MR) is 92.1 cm³/mol. The second-order valence-electron chi connectivity index (χ2n) is 5.71. The zero-order chi connectivity index (χ0) is 16.5. The van der Waals surface area contributed by atoms with Crippen LogP contribution in [0.5, 0.6) is 0 Å². The van der Waals surface area contributed by atoms with Crippen LogP contribution in [0.15, 0.2) is 16.5 Å². The van der Waals surface area contributed by atoms with E-state index in [1.54, 1.807) is 18.8 Å². The van der Waals surface area contributed by atoms with Crippen molar-refractivity contribution in [3.63, 3.8) is 0 Å². The fraction of sp³-hybridized carbons (Fsp3) is 0.733. The van der Waals surface area contributed by atoms with Crippen molar-refractivity contribution in [3.8, 4) is 0 Å². The van der Waals surface area contributed by atoms with Gasteiger partial charge in [-0.1, -0.05) is 0 Å². The van der Waals surface area contributed by atoms with E-state index < -0.39 is 0 Å². The summed E-state index contributed by atoms with van der Waals surface area (Å²) in [6.07, 6.45) is 2.31. The van der Waals surface area contributed by atoms with Crippen LogP contribution >= 0.6 is 11.8 Å². The van der Waals surface area contributed by atoms with Crippen molar-refractivity contribution in [2.75, 3.05) is 39.0 Å². The highest BCUT2D eigenvalue weighted by Gasteiger charge is 2.14. The third-order valence-corrected chi connectivity index (χ3v) is 4.84. The standard InChI is InChI=1S/C15H26N4O3S/c1-16-15(11-19(20)21)17-6-9-23-12-14-5-4-13(22-14)10-18-7-2-3-8-18/h4-5,15-17H,2-3,6-12H2,1H3. The van der Waals surface area contributed by atoms with Crippen molar-refractivity contribution in [1.29, 1.82) is 0 Å². The first-order valence-electron chi connectivity index (χ1n) is 8.07. The van der Waals surface area contributed by atoms with E-state index in [9.17, 15) is 10.1 Å². The molecule has 1 aromatic heterocycles. The summed E-state index contributed by atoms with van der Waals surface area (Å²) in [6, 6.07) is 4.12. The molecule has 1 aliphatic heterocycles. The van der Waals surface area contributed by atoms with Crippen molar-refractivity contribution in [3.05, 3.63) is 33.8 Å². The molecular formula is C15H26N4O3S. The Hall–Kier alpha value is -1.09. The lowest BCUT2D eigenvalue weighted by molar-refractivity contribution is -0.484. The molecule has 2 rings (SSSR count). The first-order chi connectivity index (χ1) is 11.2. The number of nitrogens with zero attached hydrogens (tertiary/aromatic N) is 2. The average molecular weight is 342 g/mol. The molecule has 130 valence electrons. The molecule has 0 radical (unpaired) electrons. The van der Waals surface area contributed by atoms with Gasteiger partial charge in [0.2, 0.25) is 6.54 Å². The van der Waals surface area contributed by atoms with Crippen LogP contribution < -0.4 is 10.6 Å². The second kappa shape index (κ2) is 9.92. The molecule has 0 aromatic carbocycles. The summed E-state index contributed by atoms with van der Waals surface area (Å²) in [6.45, 7) is 3.88. The highest BCUT2D eigenvalue weighted by atomic mass is 32.2. The van der Waals surface area contributed by atoms with Gasteiger partial charge in [0, 0.05) is 17.2 Å². The SMILES string of the molecule is CNC(C[N+](=O)[O-])NCCSCc1ccc(CN2CCCC2)o1. The van der Waals surface area contributed by atoms with Gasteiger partial charge in [0.25, 0.3) is 0 Å². The molecule has 1 saturated heterocycles. The molecule has 0 saturated carbocycles. The molecule has 2 N–H and O–H groups in total. The monoisotopic (exact) mass is 342 g/mol. The summed E-state index contributed by atoms with van der Waals surface area (Å²) >= 11 is 1.77. The third-order valence-electron chi connectivity index (χ3n) is 3.86. The average Bonchev–Trinajstić information content (AvgIpc) is 3.18. The largest absolute Gasteiger partial charge is 0.464 e. The van der Waals surface area contributed by atoms with E-state index in [0.717, 1.165) is 36.1 Å². The number of nitro groups is 1. The van der Waals surface area contributed by atoms with E-state index in [-0.39, 0.29) is 17.6 Å². The maximum absolute atomic E-state index is 10.5. The van der Waals surface area contributed by atoms with E-state index in [4.69, 9.17) is 4.42 Å². The molecule has 7 nitrogen and oxygen atoms in total. The first kappa shape index (κ1) is 18.3. The van der Waals surface area contributed by atoms with Crippen LogP contribution in [0.2, 0.25) is 0 Å². The highest BCUT2D eigenvalue weighted by Crippen LogP contribution is 2.18. The molecule has 23 heavy (non-hydrogen) atoms. The number of furan rings is 1. The van der Waals surface area contributed by atoms with Gasteiger partial charge >= 0.3 is 0 Å². The minimum atomic E-state index is -0.313. The lowest BCUT2D eigenvalue weighted by Crippen LogP contribution is -2.46. The quantitative estimate of drug-likeness (QED) is 0.273. The molecule has 1 aliphatic rings. The number of hydrogen-bond acceptors (Lipinski definition) is 7. The molecule has 1 aromatic rings. The molecule has 8 heteroatoms. The van der Waals surface area contributed by atoms with Crippen LogP contribution in [0.25, 0.3) is 0 Å². The highest BCUT2D eigenvalue weighted by molar-refractivity contribution is 7.98. The molecule has 0 aliphatic carbocycles. The number of nitrogens with one attached hydrogen (secondary N) is 2. The van der Waals surface area contributed by atoms with E-state index in [1.807, 2.05) is 0 Å². The second-order valence-corrected chi connectivity index (χ2v) is 6.82. The number of likely N-dealkylation sites (N-methyl/N-ethyl adjacent to an activating group) is 1. The zero-order valence-electron chi connectivity index (χ0n) is 13.6. The Morgan fingerprint density at radius 3 is 2.83 bits per heavy atom. The Morgan fingerprint density at radius 1 is 1.39 bits per heavy atom. The van der Waals surface area contributed by atoms with Crippen molar-refractivity contribution in [1.82, 2.24) is 15.5 Å². The Kier molecular flexibility index (Phi) is 7.87. The first-order valence-corrected chi connectivity index (χ1v) is 9.23. The number of likely N-dealkylation sites (tertiary alicyclic amines) is 1. The molecule has 0 amide bonds. The Bertz CT molecular complexity index is 477. The predicted octanol–water partition coefficient (Wildman–Crippen LogP) is 1.52. The van der Waals surface area contributed by atoms with Gasteiger partial charge in [-0.05, 0) is 45.1 Å². The van der Waals surface area contributed by atoms with Crippen molar-refractivity contribution in [2.24, 2.45) is 0 Å². The summed E-state index contributed by atoms with van der Waals surface area (Å²) in [5.74, 6) is 3.76. The van der Waals surface area contributed by atoms with Crippen LogP contribution in [0.3, 0.4) is 0 Å². The van der Waals surface area contributed by atoms with Crippen LogP contribution in [0.1, 0.15) is 24.4 Å². The van der Waals surface area contributed by atoms with Crippen molar-refractivity contribution < 1.29 is 9.34 Å². The minimum absolute atomic E-state index is 0.112. The van der Waals surface area contributed by atoms with Gasteiger partial charge < -0.3 is 4.42 Å². The van der Waals surface area contributed by atoms with Crippen molar-refractivity contribution in [2.45, 2.75) is 31.3 Å². The van der Waals surface area contributed by atoms with Crippen LogP contribution in [-0.2, 0) is 12.3 Å². The summed E-state index contributed by atoms with van der Waals surface area (Å²) in [5.41, 5.74) is 0. The van der Waals surface area contributed by atoms with E-state index >= 15 is 0 Å². The summed E-state index contributed by atoms with van der Waals surface area (Å²) in [4.78, 5) is 12.6. The molecule has 2 heterocycles. The van der Waals surface area contributed by atoms with Gasteiger partial charge in [-0.25, -0.2) is 0 Å². The Labute approximate surface area is 141 Å². The maximum Gasteiger partial charge on any atom is 0.231 e. The smallest absolute Gasteiger partial charge is 0.231 e. The number of rotatable bonds is 11. The van der Waals surface area contributed by atoms with Gasteiger partial charge in [-0.15, -0.1) is 0 Å². The topological polar surface area (TPSA) is 83.6 Å². The van der Waals surface area contributed by atoms with E-state index in [2.05, 4.69) is 27.7 Å². The zero-order valence-corrected chi connectivity index (χ0v) is 14.4. The fourth-order valence-electron chi connectivity index (χ4n) is 2.63. The lowest BCUT2D eigenvalue weighted by atomic mass is 10.4. The van der Waals surface area contributed by atoms with Gasteiger partial charge in [0.15, 0.2) is 0 Å². The van der Waals surface area contributed by atoms with Gasteiger partial charge in [0.05, 0.1) is 12.3 Å². The minimum Gasteiger partial charge on any atom is -0.464 e. The fourth-order valence-corrected chi connectivity index (χ4v) is 3.39. The van der Waals surface area contributed by atoms with Gasteiger partial charge in [-0.2, -0.15) is 11.8 Å². The summed E-state index contributed by atoms with van der Waals surface area (Å²) in [5, 5.41) is 16.5. The Balaban J connectivity index is 1.59. The maximum atomic E-state index is 10.5. The molecular weight excluding hydrogens is 316 g/mol. The van der Waals surface area contributed by atoms with Crippen LogP contribution in [-0.4, -0.2) is 55.0 Å². The van der Waals surface area contributed by atoms with Gasteiger partial charge in [-0.3, -0.25) is 25.6 Å².